The van der Waals surface area contributed by atoms with Crippen LogP contribution in [-0.2, 0) is 14.3 Å². The molecule has 0 saturated heterocycles. The first-order valence-electron chi connectivity index (χ1n) is 7.38. The van der Waals surface area contributed by atoms with Crippen LogP contribution in [0.25, 0.3) is 6.08 Å². The first kappa shape index (κ1) is 19.5. The van der Waals surface area contributed by atoms with Crippen LogP contribution in [0.2, 0.25) is 0 Å². The summed E-state index contributed by atoms with van der Waals surface area (Å²) < 4.78 is 10.7. The molecule has 0 radical (unpaired) electrons. The van der Waals surface area contributed by atoms with Gasteiger partial charge in [0.25, 0.3) is 0 Å². The third kappa shape index (κ3) is 7.15. The fourth-order valence-electron chi connectivity index (χ4n) is 2.11. The van der Waals surface area contributed by atoms with E-state index in [4.69, 9.17) is 14.6 Å². The number of likely N-dealkylation sites (N-methyl/N-ethyl adjacent to an activating group) is 1. The van der Waals surface area contributed by atoms with Crippen LogP contribution in [0.5, 0.6) is 11.5 Å². The Bertz CT molecular complexity index is 618. The molecule has 1 atom stereocenters. The number of benzene rings is 1. The average molecular weight is 338 g/mol. The quantitative estimate of drug-likeness (QED) is 0.424. The number of phenolic OH excluding ortho intramolecular Hbond substituents is 1. The van der Waals surface area contributed by atoms with E-state index in [2.05, 4.69) is 0 Å². The Morgan fingerprint density at radius 3 is 2.50 bits per heavy atom. The molecule has 0 spiro atoms. The molecule has 0 fully saturated rings. The minimum atomic E-state index is -1.02. The summed E-state index contributed by atoms with van der Waals surface area (Å²) in [5.41, 5.74) is 0.642. The summed E-state index contributed by atoms with van der Waals surface area (Å²) in [6.07, 6.45) is 1.76. The summed E-state index contributed by atoms with van der Waals surface area (Å²) in [4.78, 5) is 22.8. The number of carbonyl (C=O) groups is 2. The van der Waals surface area contributed by atoms with E-state index < -0.39 is 18.0 Å². The molecule has 0 aromatic heterocycles. The highest BCUT2D eigenvalue weighted by Crippen LogP contribution is 2.26. The lowest BCUT2D eigenvalue weighted by Gasteiger charge is -2.28. The minimum Gasteiger partial charge on any atom is -0.504 e. The maximum atomic E-state index is 11.9. The summed E-state index contributed by atoms with van der Waals surface area (Å²) in [7, 11) is 7.10. The number of aromatic hydroxyl groups is 1. The molecule has 2 N–H and O–H groups in total. The van der Waals surface area contributed by atoms with Gasteiger partial charge in [-0.2, -0.15) is 0 Å². The standard InChI is InChI=1S/C17H23NO6/c1-18(2,3)11-13(10-16(20)21)24-17(22)8-6-12-5-7-14(19)15(9-12)23-4/h5-9,13H,10-11H2,1-4H3,(H-,19,20,21,22)/p+1/t13-/m1/s1. The number of rotatable bonds is 8. The lowest BCUT2D eigenvalue weighted by atomic mass is 10.2. The Morgan fingerprint density at radius 2 is 1.96 bits per heavy atom. The number of carbonyl (C=O) groups excluding carboxylic acids is 1. The van der Waals surface area contributed by atoms with Gasteiger partial charge in [-0.1, -0.05) is 6.07 Å². The number of esters is 1. The fraction of sp³-hybridized carbons (Fsp3) is 0.412. The van der Waals surface area contributed by atoms with E-state index in [1.54, 1.807) is 12.1 Å². The van der Waals surface area contributed by atoms with Gasteiger partial charge in [0.15, 0.2) is 17.6 Å². The predicted octanol–water partition coefficient (Wildman–Crippen LogP) is 1.51. The Morgan fingerprint density at radius 1 is 1.29 bits per heavy atom. The molecule has 0 aliphatic heterocycles. The number of hydrogen-bond acceptors (Lipinski definition) is 5. The van der Waals surface area contributed by atoms with Crippen molar-refractivity contribution in [2.45, 2.75) is 12.5 Å². The number of phenols is 1. The topological polar surface area (TPSA) is 93.1 Å². The molecule has 0 aliphatic rings. The van der Waals surface area contributed by atoms with Gasteiger partial charge in [-0.3, -0.25) is 4.79 Å². The van der Waals surface area contributed by atoms with Gasteiger partial charge >= 0.3 is 11.9 Å². The van der Waals surface area contributed by atoms with E-state index in [-0.39, 0.29) is 12.2 Å². The van der Waals surface area contributed by atoms with Gasteiger partial charge in [-0.25, -0.2) is 4.79 Å². The number of quaternary nitrogens is 1. The third-order valence-electron chi connectivity index (χ3n) is 3.05. The van der Waals surface area contributed by atoms with Crippen molar-refractivity contribution in [3.8, 4) is 11.5 Å². The maximum absolute atomic E-state index is 11.9. The van der Waals surface area contributed by atoms with Crippen LogP contribution >= 0.6 is 0 Å². The van der Waals surface area contributed by atoms with E-state index in [1.807, 2.05) is 21.1 Å². The molecule has 7 heteroatoms. The van der Waals surface area contributed by atoms with Crippen molar-refractivity contribution in [2.24, 2.45) is 0 Å². The third-order valence-corrected chi connectivity index (χ3v) is 3.05. The van der Waals surface area contributed by atoms with Gasteiger partial charge in [-0.15, -0.1) is 0 Å². The molecule has 24 heavy (non-hydrogen) atoms. The van der Waals surface area contributed by atoms with Crippen molar-refractivity contribution in [1.29, 1.82) is 0 Å². The Kier molecular flexibility index (Phi) is 6.79. The first-order valence-corrected chi connectivity index (χ1v) is 7.38. The molecule has 0 amide bonds. The lowest BCUT2D eigenvalue weighted by Crippen LogP contribution is -2.43. The second-order valence-electron chi connectivity index (χ2n) is 6.39. The number of nitrogens with zero attached hydrogens (tertiary/aromatic N) is 1. The summed E-state index contributed by atoms with van der Waals surface area (Å²) >= 11 is 0. The molecule has 0 unspecified atom stereocenters. The summed E-state index contributed by atoms with van der Waals surface area (Å²) in [5.74, 6) is -1.35. The summed E-state index contributed by atoms with van der Waals surface area (Å²) in [5, 5.41) is 18.5. The molecular weight excluding hydrogens is 314 g/mol. The van der Waals surface area contributed by atoms with Crippen LogP contribution in [0.3, 0.4) is 0 Å². The molecular formula is C17H24NO6+. The van der Waals surface area contributed by atoms with Gasteiger partial charge in [0.1, 0.15) is 6.54 Å². The van der Waals surface area contributed by atoms with E-state index in [9.17, 15) is 14.7 Å². The molecule has 132 valence electrons. The smallest absolute Gasteiger partial charge is 0.331 e. The van der Waals surface area contributed by atoms with Gasteiger partial charge < -0.3 is 24.2 Å². The SMILES string of the molecule is COc1cc(/C=C/C(=O)O[C@H](CC(=O)O)C[N+](C)(C)C)ccc1O. The van der Waals surface area contributed by atoms with Gasteiger partial charge in [0.2, 0.25) is 0 Å². The highest BCUT2D eigenvalue weighted by Gasteiger charge is 2.24. The molecule has 7 nitrogen and oxygen atoms in total. The zero-order valence-electron chi connectivity index (χ0n) is 14.4. The van der Waals surface area contributed by atoms with Gasteiger partial charge in [0, 0.05) is 6.08 Å². The number of aliphatic carboxylic acids is 1. The second kappa shape index (κ2) is 8.35. The largest absolute Gasteiger partial charge is 0.504 e. The van der Waals surface area contributed by atoms with Crippen LogP contribution in [0.1, 0.15) is 12.0 Å². The monoisotopic (exact) mass is 338 g/mol. The second-order valence-corrected chi connectivity index (χ2v) is 6.39. The van der Waals surface area contributed by atoms with Crippen molar-refractivity contribution in [3.05, 3.63) is 29.8 Å². The first-order chi connectivity index (χ1) is 11.1. The fourth-order valence-corrected chi connectivity index (χ4v) is 2.11. The maximum Gasteiger partial charge on any atom is 0.331 e. The zero-order chi connectivity index (χ0) is 18.3. The van der Waals surface area contributed by atoms with Gasteiger partial charge in [-0.05, 0) is 23.8 Å². The molecule has 0 bridgehead atoms. The van der Waals surface area contributed by atoms with Gasteiger partial charge in [0.05, 0.1) is 34.7 Å². The molecule has 0 saturated carbocycles. The number of methoxy groups -OCH3 is 1. The molecule has 1 aromatic carbocycles. The number of ether oxygens (including phenoxy) is 2. The number of carboxylic acids is 1. The highest BCUT2D eigenvalue weighted by molar-refractivity contribution is 5.87. The van der Waals surface area contributed by atoms with E-state index in [0.717, 1.165) is 0 Å². The minimum absolute atomic E-state index is 0.00157. The molecule has 1 aromatic rings. The normalized spacial score (nSPS) is 12.8. The highest BCUT2D eigenvalue weighted by atomic mass is 16.5. The Balaban J connectivity index is 2.75. The van der Waals surface area contributed by atoms with Crippen molar-refractivity contribution in [1.82, 2.24) is 0 Å². The van der Waals surface area contributed by atoms with Crippen molar-refractivity contribution < 1.29 is 33.8 Å². The van der Waals surface area contributed by atoms with E-state index >= 15 is 0 Å². The van der Waals surface area contributed by atoms with E-state index in [0.29, 0.717) is 22.3 Å². The average Bonchev–Trinajstić information content (AvgIpc) is 2.43. The number of carboxylic acid groups (broad SMARTS) is 1. The van der Waals surface area contributed by atoms with Crippen molar-refractivity contribution in [3.63, 3.8) is 0 Å². The lowest BCUT2D eigenvalue weighted by molar-refractivity contribution is -0.873. The zero-order valence-corrected chi connectivity index (χ0v) is 14.4. The Hall–Kier alpha value is -2.54. The summed E-state index contributed by atoms with van der Waals surface area (Å²) in [6, 6.07) is 4.64. The van der Waals surface area contributed by atoms with Crippen molar-refractivity contribution in [2.75, 3.05) is 34.8 Å². The molecule has 0 heterocycles. The molecule has 0 aliphatic carbocycles. The van der Waals surface area contributed by atoms with E-state index in [1.165, 1.54) is 25.3 Å². The van der Waals surface area contributed by atoms with Crippen LogP contribution < -0.4 is 4.74 Å². The van der Waals surface area contributed by atoms with Crippen molar-refractivity contribution >= 4 is 18.0 Å². The van der Waals surface area contributed by atoms with Crippen LogP contribution in [0.4, 0.5) is 0 Å². The molecule has 1 rings (SSSR count). The van der Waals surface area contributed by atoms with Crippen LogP contribution in [0.15, 0.2) is 24.3 Å². The van der Waals surface area contributed by atoms with Crippen LogP contribution in [0, 0.1) is 0 Å². The Labute approximate surface area is 141 Å². The summed E-state index contributed by atoms with van der Waals surface area (Å²) in [6.45, 7) is 0.388. The predicted molar refractivity (Wildman–Crippen MR) is 88.7 cm³/mol. The number of hydrogen-bond donors (Lipinski definition) is 2. The van der Waals surface area contributed by atoms with Crippen LogP contribution in [-0.4, -0.2) is 67.5 Å².